The predicted molar refractivity (Wildman–Crippen MR) is 106 cm³/mol. The van der Waals surface area contributed by atoms with Gasteiger partial charge >= 0.3 is 0 Å². The van der Waals surface area contributed by atoms with Crippen molar-refractivity contribution in [2.45, 2.75) is 50.5 Å². The third-order valence-corrected chi connectivity index (χ3v) is 7.57. The van der Waals surface area contributed by atoms with Crippen LogP contribution in [0.3, 0.4) is 0 Å². The van der Waals surface area contributed by atoms with Crippen LogP contribution < -0.4 is 0 Å². The number of piperidine rings is 1. The summed E-state index contributed by atoms with van der Waals surface area (Å²) in [7, 11) is 0. The van der Waals surface area contributed by atoms with Gasteiger partial charge in [0.05, 0.1) is 0 Å². The lowest BCUT2D eigenvalue weighted by Crippen LogP contribution is -2.60. The molecule has 2 aliphatic carbocycles. The van der Waals surface area contributed by atoms with Crippen molar-refractivity contribution in [3.63, 3.8) is 0 Å². The third kappa shape index (κ3) is 2.58. The average Bonchev–Trinajstić information content (AvgIpc) is 2.67. The number of hydrogen-bond acceptors (Lipinski definition) is 2. The molecule has 2 nitrogen and oxygen atoms in total. The van der Waals surface area contributed by atoms with E-state index in [1.165, 1.54) is 49.0 Å². The fourth-order valence-electron chi connectivity index (χ4n) is 6.18. The molecular formula is C24H29NO. The summed E-state index contributed by atoms with van der Waals surface area (Å²) in [6.45, 7) is 4.92. The Labute approximate surface area is 156 Å². The lowest BCUT2D eigenvalue weighted by molar-refractivity contribution is -0.0271. The topological polar surface area (TPSA) is 23.5 Å². The predicted octanol–water partition coefficient (Wildman–Crippen LogP) is 4.55. The summed E-state index contributed by atoms with van der Waals surface area (Å²) < 4.78 is 0. The largest absolute Gasteiger partial charge is 0.508 e. The van der Waals surface area contributed by atoms with Crippen molar-refractivity contribution in [3.05, 3.63) is 65.2 Å². The molecule has 0 radical (unpaired) electrons. The molecule has 2 aromatic rings. The second kappa shape index (κ2) is 6.13. The van der Waals surface area contributed by atoms with E-state index in [4.69, 9.17) is 0 Å². The van der Waals surface area contributed by atoms with Gasteiger partial charge in [-0.05, 0) is 78.2 Å². The summed E-state index contributed by atoms with van der Waals surface area (Å²) in [5.41, 5.74) is 4.59. The molecule has 1 heterocycles. The monoisotopic (exact) mass is 347 g/mol. The number of phenolic OH excluding ortho intramolecular Hbond substituents is 1. The summed E-state index contributed by atoms with van der Waals surface area (Å²) in [6.07, 6.45) is 6.28. The first-order valence-corrected chi connectivity index (χ1v) is 10.2. The van der Waals surface area contributed by atoms with E-state index in [1.54, 1.807) is 0 Å². The highest BCUT2D eigenvalue weighted by atomic mass is 16.3. The second-order valence-corrected chi connectivity index (χ2v) is 9.01. The van der Waals surface area contributed by atoms with Gasteiger partial charge in [-0.3, -0.25) is 4.90 Å². The molecule has 2 fully saturated rings. The minimum absolute atomic E-state index is 0.235. The molecular weight excluding hydrogens is 318 g/mol. The number of aromatic hydroxyl groups is 1. The standard InChI is InChI=1S/C24H29NO/c1-24-11-9-18-13-22(24)23(14-19-7-8-20(26)15-21(19)24)25(16-18)12-10-17-5-3-2-4-6-17/h2-8,15,18,22-23,26H,9-14,16H2,1H3/t18?,22?,23?,24-/m0/s1. The summed E-state index contributed by atoms with van der Waals surface area (Å²) in [5.74, 6) is 2.03. The minimum Gasteiger partial charge on any atom is -0.508 e. The molecule has 1 N–H and O–H groups in total. The Hall–Kier alpha value is -1.80. The van der Waals surface area contributed by atoms with Gasteiger partial charge in [0, 0.05) is 19.1 Å². The van der Waals surface area contributed by atoms with Crippen LogP contribution in [-0.4, -0.2) is 29.1 Å². The van der Waals surface area contributed by atoms with Crippen molar-refractivity contribution in [2.24, 2.45) is 11.8 Å². The first-order chi connectivity index (χ1) is 12.6. The van der Waals surface area contributed by atoms with Crippen molar-refractivity contribution in [1.82, 2.24) is 4.90 Å². The zero-order valence-electron chi connectivity index (χ0n) is 15.7. The molecule has 1 aliphatic heterocycles. The lowest BCUT2D eigenvalue weighted by atomic mass is 9.53. The first-order valence-electron chi connectivity index (χ1n) is 10.2. The lowest BCUT2D eigenvalue weighted by Gasteiger charge is -2.59. The highest BCUT2D eigenvalue weighted by Gasteiger charge is 2.52. The SMILES string of the molecule is C[C@@]12CCC3CC1C(Cc1ccc(O)cc12)N(CCc1ccccc1)C3. The van der Waals surface area contributed by atoms with Crippen molar-refractivity contribution < 1.29 is 5.11 Å². The number of nitrogens with zero attached hydrogens (tertiary/aromatic N) is 1. The Morgan fingerprint density at radius 3 is 2.85 bits per heavy atom. The van der Waals surface area contributed by atoms with Crippen molar-refractivity contribution >= 4 is 0 Å². The maximum atomic E-state index is 10.1. The van der Waals surface area contributed by atoms with E-state index in [0.717, 1.165) is 24.7 Å². The fraction of sp³-hybridized carbons (Fsp3) is 0.500. The Morgan fingerprint density at radius 1 is 1.15 bits per heavy atom. The van der Waals surface area contributed by atoms with Crippen LogP contribution in [0.5, 0.6) is 5.75 Å². The number of phenols is 1. The normalized spacial score (nSPS) is 32.9. The maximum Gasteiger partial charge on any atom is 0.115 e. The van der Waals surface area contributed by atoms with E-state index in [1.807, 2.05) is 6.07 Å². The van der Waals surface area contributed by atoms with E-state index < -0.39 is 0 Å². The van der Waals surface area contributed by atoms with Gasteiger partial charge in [0.15, 0.2) is 0 Å². The fourth-order valence-corrected chi connectivity index (χ4v) is 6.18. The molecule has 0 spiro atoms. The molecule has 3 aliphatic rings. The number of fused-ring (bicyclic) bond motifs is 3. The van der Waals surface area contributed by atoms with Crippen LogP contribution in [0.25, 0.3) is 0 Å². The zero-order chi connectivity index (χ0) is 17.7. The highest BCUT2D eigenvalue weighted by Crippen LogP contribution is 2.55. The van der Waals surface area contributed by atoms with E-state index in [2.05, 4.69) is 54.3 Å². The molecule has 3 unspecified atom stereocenters. The molecule has 2 heteroatoms. The van der Waals surface area contributed by atoms with Crippen molar-refractivity contribution in [3.8, 4) is 5.75 Å². The Balaban J connectivity index is 1.46. The Morgan fingerprint density at radius 2 is 2.00 bits per heavy atom. The molecule has 0 amide bonds. The van der Waals surface area contributed by atoms with Crippen LogP contribution in [0.4, 0.5) is 0 Å². The Bertz CT molecular complexity index is 801. The summed E-state index contributed by atoms with van der Waals surface area (Å²) in [4.78, 5) is 2.80. The molecule has 2 bridgehead atoms. The highest BCUT2D eigenvalue weighted by molar-refractivity contribution is 5.44. The summed E-state index contributed by atoms with van der Waals surface area (Å²) in [5, 5.41) is 10.1. The number of hydrogen-bond donors (Lipinski definition) is 1. The van der Waals surface area contributed by atoms with Crippen LogP contribution in [0.2, 0.25) is 0 Å². The molecule has 4 atom stereocenters. The number of benzene rings is 2. The van der Waals surface area contributed by atoms with Gasteiger partial charge in [0.25, 0.3) is 0 Å². The van der Waals surface area contributed by atoms with Crippen LogP contribution in [0.15, 0.2) is 48.5 Å². The van der Waals surface area contributed by atoms with Crippen LogP contribution in [-0.2, 0) is 18.3 Å². The molecule has 1 saturated carbocycles. The molecule has 2 aromatic carbocycles. The van der Waals surface area contributed by atoms with E-state index in [0.29, 0.717) is 11.8 Å². The third-order valence-electron chi connectivity index (χ3n) is 7.57. The van der Waals surface area contributed by atoms with Gasteiger partial charge in [-0.25, -0.2) is 0 Å². The van der Waals surface area contributed by atoms with E-state index in [-0.39, 0.29) is 5.41 Å². The summed E-state index contributed by atoms with van der Waals surface area (Å²) in [6, 6.07) is 17.7. The molecule has 0 aromatic heterocycles. The first kappa shape index (κ1) is 16.4. The molecule has 1 saturated heterocycles. The van der Waals surface area contributed by atoms with Gasteiger partial charge < -0.3 is 5.11 Å². The average molecular weight is 348 g/mol. The zero-order valence-corrected chi connectivity index (χ0v) is 15.7. The van der Waals surface area contributed by atoms with E-state index >= 15 is 0 Å². The van der Waals surface area contributed by atoms with Gasteiger partial charge in [-0.15, -0.1) is 0 Å². The molecule has 5 rings (SSSR count). The van der Waals surface area contributed by atoms with Crippen LogP contribution in [0, 0.1) is 11.8 Å². The van der Waals surface area contributed by atoms with Gasteiger partial charge in [-0.1, -0.05) is 43.3 Å². The van der Waals surface area contributed by atoms with Crippen LogP contribution >= 0.6 is 0 Å². The van der Waals surface area contributed by atoms with Gasteiger partial charge in [0.2, 0.25) is 0 Å². The minimum atomic E-state index is 0.235. The molecule has 26 heavy (non-hydrogen) atoms. The Kier molecular flexibility index (Phi) is 3.86. The van der Waals surface area contributed by atoms with Crippen molar-refractivity contribution in [2.75, 3.05) is 13.1 Å². The number of rotatable bonds is 3. The van der Waals surface area contributed by atoms with Gasteiger partial charge in [-0.2, -0.15) is 0 Å². The van der Waals surface area contributed by atoms with Crippen LogP contribution in [0.1, 0.15) is 42.9 Å². The smallest absolute Gasteiger partial charge is 0.115 e. The van der Waals surface area contributed by atoms with Gasteiger partial charge in [0.1, 0.15) is 5.75 Å². The summed E-state index contributed by atoms with van der Waals surface area (Å²) >= 11 is 0. The molecule has 136 valence electrons. The maximum absolute atomic E-state index is 10.1. The van der Waals surface area contributed by atoms with E-state index in [9.17, 15) is 5.11 Å². The quantitative estimate of drug-likeness (QED) is 0.880. The van der Waals surface area contributed by atoms with Crippen molar-refractivity contribution in [1.29, 1.82) is 0 Å². The number of likely N-dealkylation sites (tertiary alicyclic amines) is 1. The second-order valence-electron chi connectivity index (χ2n) is 9.01.